The second-order valence-corrected chi connectivity index (χ2v) is 5.20. The van der Waals surface area contributed by atoms with Gasteiger partial charge in [0, 0.05) is 16.8 Å². The fourth-order valence-corrected chi connectivity index (χ4v) is 2.89. The molecule has 4 heteroatoms. The quantitative estimate of drug-likeness (QED) is 0.704. The van der Waals surface area contributed by atoms with Crippen molar-refractivity contribution in [3.8, 4) is 5.75 Å². The molecular formula is C17H15BN2O. The van der Waals surface area contributed by atoms with E-state index in [2.05, 4.69) is 59.0 Å². The monoisotopic (exact) mass is 274 g/mol. The number of nitrogens with one attached hydrogen (secondary N) is 2. The molecule has 3 aromatic carbocycles. The van der Waals surface area contributed by atoms with Crippen LogP contribution in [0.1, 0.15) is 0 Å². The molecule has 0 spiro atoms. The first-order chi connectivity index (χ1) is 10.3. The van der Waals surface area contributed by atoms with Crippen molar-refractivity contribution in [2.24, 2.45) is 0 Å². The summed E-state index contributed by atoms with van der Waals surface area (Å²) in [5.41, 5.74) is 3.52. The lowest BCUT2D eigenvalue weighted by Gasteiger charge is -2.26. The highest BCUT2D eigenvalue weighted by Gasteiger charge is 2.25. The highest BCUT2D eigenvalue weighted by atomic mass is 16.5. The second kappa shape index (κ2) is 4.74. The third-order valence-electron chi connectivity index (χ3n) is 3.95. The maximum absolute atomic E-state index is 5.22. The molecule has 21 heavy (non-hydrogen) atoms. The molecule has 0 saturated carbocycles. The summed E-state index contributed by atoms with van der Waals surface area (Å²) in [4.78, 5) is 0. The van der Waals surface area contributed by atoms with E-state index in [0.29, 0.717) is 0 Å². The Hall–Kier alpha value is -2.62. The number of ether oxygens (including phenoxy) is 1. The molecule has 0 aliphatic carbocycles. The van der Waals surface area contributed by atoms with Gasteiger partial charge in [-0.3, -0.25) is 0 Å². The predicted molar refractivity (Wildman–Crippen MR) is 89.6 cm³/mol. The van der Waals surface area contributed by atoms with Crippen molar-refractivity contribution in [3.63, 3.8) is 0 Å². The molecule has 1 heterocycles. The summed E-state index contributed by atoms with van der Waals surface area (Å²) in [5.74, 6) is 0.872. The van der Waals surface area contributed by atoms with Crippen LogP contribution >= 0.6 is 0 Å². The number of hydrogen-bond donors (Lipinski definition) is 2. The van der Waals surface area contributed by atoms with Crippen molar-refractivity contribution in [1.82, 2.24) is 0 Å². The lowest BCUT2D eigenvalue weighted by atomic mass is 9.66. The van der Waals surface area contributed by atoms with Crippen LogP contribution in [0.5, 0.6) is 5.75 Å². The van der Waals surface area contributed by atoms with Gasteiger partial charge < -0.3 is 15.2 Å². The molecule has 0 atom stereocenters. The van der Waals surface area contributed by atoms with Crippen LogP contribution in [0.3, 0.4) is 0 Å². The molecule has 0 saturated heterocycles. The Morgan fingerprint density at radius 2 is 1.43 bits per heavy atom. The van der Waals surface area contributed by atoms with Crippen molar-refractivity contribution >= 4 is 34.6 Å². The summed E-state index contributed by atoms with van der Waals surface area (Å²) < 4.78 is 5.22. The summed E-state index contributed by atoms with van der Waals surface area (Å²) in [6, 6.07) is 20.8. The molecule has 1 aliphatic rings. The Bertz CT molecular complexity index is 761. The lowest BCUT2D eigenvalue weighted by molar-refractivity contribution is 0.415. The van der Waals surface area contributed by atoms with Crippen LogP contribution in [0, 0.1) is 0 Å². The van der Waals surface area contributed by atoms with Gasteiger partial charge in [0.1, 0.15) is 5.75 Å². The van der Waals surface area contributed by atoms with Gasteiger partial charge in [-0.05, 0) is 35.1 Å². The topological polar surface area (TPSA) is 33.3 Å². The maximum Gasteiger partial charge on any atom is 0.406 e. The van der Waals surface area contributed by atoms with E-state index in [1.54, 1.807) is 7.11 Å². The Morgan fingerprint density at radius 3 is 2.00 bits per heavy atom. The summed E-state index contributed by atoms with van der Waals surface area (Å²) in [6.45, 7) is 0.0661. The number of hydrogen-bond acceptors (Lipinski definition) is 3. The number of anilines is 2. The van der Waals surface area contributed by atoms with E-state index in [9.17, 15) is 0 Å². The zero-order chi connectivity index (χ0) is 14.2. The van der Waals surface area contributed by atoms with E-state index in [0.717, 1.165) is 5.75 Å². The molecule has 0 fully saturated rings. The molecule has 4 rings (SSSR count). The van der Waals surface area contributed by atoms with Crippen molar-refractivity contribution in [2.45, 2.75) is 0 Å². The Labute approximate surface area is 124 Å². The van der Waals surface area contributed by atoms with Crippen LogP contribution in [0.4, 0.5) is 11.4 Å². The third kappa shape index (κ3) is 2.00. The first-order valence-corrected chi connectivity index (χ1v) is 7.04. The average Bonchev–Trinajstić information content (AvgIpc) is 2.55. The normalized spacial score (nSPS) is 12.7. The maximum atomic E-state index is 5.22. The Balaban J connectivity index is 1.75. The summed E-state index contributed by atoms with van der Waals surface area (Å²) in [7, 11) is 1.68. The van der Waals surface area contributed by atoms with E-state index >= 15 is 0 Å². The third-order valence-corrected chi connectivity index (χ3v) is 3.95. The highest BCUT2D eigenvalue weighted by Crippen LogP contribution is 2.33. The minimum atomic E-state index is 0.0661. The smallest absolute Gasteiger partial charge is 0.406 e. The van der Waals surface area contributed by atoms with Gasteiger partial charge in [-0.2, -0.15) is 0 Å². The van der Waals surface area contributed by atoms with Crippen molar-refractivity contribution in [1.29, 1.82) is 0 Å². The summed E-state index contributed by atoms with van der Waals surface area (Å²) in [5, 5.41) is 9.63. The van der Waals surface area contributed by atoms with E-state index in [4.69, 9.17) is 4.74 Å². The number of benzene rings is 3. The fraction of sp³-hybridized carbons (Fsp3) is 0.0588. The first-order valence-electron chi connectivity index (χ1n) is 7.04. The largest absolute Gasteiger partial charge is 0.497 e. The zero-order valence-corrected chi connectivity index (χ0v) is 11.8. The van der Waals surface area contributed by atoms with E-state index in [-0.39, 0.29) is 6.98 Å². The van der Waals surface area contributed by atoms with Gasteiger partial charge in [0.05, 0.1) is 7.11 Å². The van der Waals surface area contributed by atoms with Crippen LogP contribution in [-0.4, -0.2) is 14.1 Å². The molecule has 0 radical (unpaired) electrons. The summed E-state index contributed by atoms with van der Waals surface area (Å²) in [6.07, 6.45) is 0. The van der Waals surface area contributed by atoms with Crippen LogP contribution in [0.25, 0.3) is 10.8 Å². The van der Waals surface area contributed by atoms with Gasteiger partial charge in [0.15, 0.2) is 0 Å². The van der Waals surface area contributed by atoms with Crippen molar-refractivity contribution in [2.75, 3.05) is 17.6 Å². The average molecular weight is 274 g/mol. The van der Waals surface area contributed by atoms with Crippen LogP contribution in [0.15, 0.2) is 60.7 Å². The van der Waals surface area contributed by atoms with Gasteiger partial charge in [0.2, 0.25) is 0 Å². The number of rotatable bonds is 2. The minimum Gasteiger partial charge on any atom is -0.497 e. The standard InChI is InChI=1S/C17H15BN2O/c1-21-14-10-8-13(9-11-14)18-19-15-6-2-4-12-5-3-7-16(20-18)17(12)15/h2-11,19-20H,1H3. The van der Waals surface area contributed by atoms with Crippen LogP contribution < -0.4 is 20.7 Å². The summed E-state index contributed by atoms with van der Waals surface area (Å²) >= 11 is 0. The minimum absolute atomic E-state index is 0.0661. The fourth-order valence-electron chi connectivity index (χ4n) is 2.89. The Kier molecular flexibility index (Phi) is 2.74. The van der Waals surface area contributed by atoms with E-state index < -0.39 is 0 Å². The second-order valence-electron chi connectivity index (χ2n) is 5.20. The SMILES string of the molecule is COc1ccc(B2Nc3cccc4cccc(c34)N2)cc1. The van der Waals surface area contributed by atoms with Crippen LogP contribution in [-0.2, 0) is 0 Å². The van der Waals surface area contributed by atoms with Crippen molar-refractivity contribution in [3.05, 3.63) is 60.7 Å². The van der Waals surface area contributed by atoms with Gasteiger partial charge in [-0.25, -0.2) is 0 Å². The van der Waals surface area contributed by atoms with Gasteiger partial charge in [0.25, 0.3) is 0 Å². The number of methoxy groups -OCH3 is 1. The van der Waals surface area contributed by atoms with Gasteiger partial charge in [-0.15, -0.1) is 0 Å². The molecular weight excluding hydrogens is 259 g/mol. The Morgan fingerprint density at radius 1 is 0.810 bits per heavy atom. The molecule has 1 aliphatic heterocycles. The molecule has 0 aromatic heterocycles. The molecule has 0 unspecified atom stereocenters. The molecule has 2 N–H and O–H groups in total. The first kappa shape index (κ1) is 12.2. The van der Waals surface area contributed by atoms with Gasteiger partial charge in [-0.1, -0.05) is 36.4 Å². The van der Waals surface area contributed by atoms with E-state index in [1.165, 1.54) is 27.6 Å². The molecule has 3 aromatic rings. The van der Waals surface area contributed by atoms with E-state index in [1.807, 2.05) is 12.1 Å². The molecule has 0 amide bonds. The molecule has 102 valence electrons. The van der Waals surface area contributed by atoms with Crippen LogP contribution in [0.2, 0.25) is 0 Å². The molecule has 0 bridgehead atoms. The molecule has 3 nitrogen and oxygen atoms in total. The highest BCUT2D eigenvalue weighted by molar-refractivity contribution is 6.80. The predicted octanol–water partition coefficient (Wildman–Crippen LogP) is 3.08. The van der Waals surface area contributed by atoms with Gasteiger partial charge >= 0.3 is 6.98 Å². The lowest BCUT2D eigenvalue weighted by Crippen LogP contribution is -2.47. The zero-order valence-electron chi connectivity index (χ0n) is 11.8. The van der Waals surface area contributed by atoms with Crippen molar-refractivity contribution < 1.29 is 4.74 Å².